The Labute approximate surface area is 194 Å². The largest absolute Gasteiger partial charge is 0.309 e. The SMILES string of the molecule is CCC(=O)N1c2ccccc2C(N(c2ccccc2)S(=O)(=O)c2ccc(Cl)cc2)CC1C. The lowest BCUT2D eigenvalue weighted by Gasteiger charge is -2.43. The van der Waals surface area contributed by atoms with E-state index >= 15 is 0 Å². The lowest BCUT2D eigenvalue weighted by atomic mass is 9.91. The fourth-order valence-electron chi connectivity index (χ4n) is 4.34. The maximum absolute atomic E-state index is 13.9. The molecule has 1 amide bonds. The first-order valence-electron chi connectivity index (χ1n) is 10.6. The molecule has 0 bridgehead atoms. The fraction of sp³-hybridized carbons (Fsp3) is 0.240. The van der Waals surface area contributed by atoms with Gasteiger partial charge in [-0.15, -0.1) is 0 Å². The summed E-state index contributed by atoms with van der Waals surface area (Å²) in [4.78, 5) is 14.7. The second kappa shape index (κ2) is 8.96. The Bertz CT molecular complexity index is 1210. The summed E-state index contributed by atoms with van der Waals surface area (Å²) in [6.07, 6.45) is 0.860. The van der Waals surface area contributed by atoms with Crippen molar-refractivity contribution in [2.24, 2.45) is 0 Å². The van der Waals surface area contributed by atoms with Crippen LogP contribution in [0.4, 0.5) is 11.4 Å². The van der Waals surface area contributed by atoms with Crippen molar-refractivity contribution in [1.82, 2.24) is 0 Å². The molecule has 3 aromatic rings. The van der Waals surface area contributed by atoms with Gasteiger partial charge in [0, 0.05) is 23.2 Å². The number of anilines is 2. The number of fused-ring (bicyclic) bond motifs is 1. The van der Waals surface area contributed by atoms with Gasteiger partial charge in [-0.3, -0.25) is 9.10 Å². The van der Waals surface area contributed by atoms with E-state index in [1.807, 2.05) is 56.3 Å². The van der Waals surface area contributed by atoms with Crippen molar-refractivity contribution in [2.75, 3.05) is 9.21 Å². The zero-order valence-corrected chi connectivity index (χ0v) is 19.6. The van der Waals surface area contributed by atoms with Crippen LogP contribution in [0.3, 0.4) is 0 Å². The lowest BCUT2D eigenvalue weighted by molar-refractivity contribution is -0.118. The molecule has 2 atom stereocenters. The summed E-state index contributed by atoms with van der Waals surface area (Å²) < 4.78 is 29.4. The van der Waals surface area contributed by atoms with Gasteiger partial charge in [-0.1, -0.05) is 54.9 Å². The summed E-state index contributed by atoms with van der Waals surface area (Å²) in [5.41, 5.74) is 2.15. The highest BCUT2D eigenvalue weighted by Gasteiger charge is 2.40. The molecule has 0 N–H and O–H groups in total. The Morgan fingerprint density at radius 3 is 2.28 bits per heavy atom. The zero-order valence-electron chi connectivity index (χ0n) is 18.0. The average molecular weight is 469 g/mol. The van der Waals surface area contributed by atoms with Crippen LogP contribution in [0.2, 0.25) is 5.02 Å². The Morgan fingerprint density at radius 2 is 1.62 bits per heavy atom. The summed E-state index contributed by atoms with van der Waals surface area (Å²) in [5, 5.41) is 0.473. The highest BCUT2D eigenvalue weighted by Crippen LogP contribution is 2.44. The predicted octanol–water partition coefficient (Wildman–Crippen LogP) is 5.81. The molecule has 7 heteroatoms. The summed E-state index contributed by atoms with van der Waals surface area (Å²) >= 11 is 6.01. The van der Waals surface area contributed by atoms with Crippen molar-refractivity contribution in [3.8, 4) is 0 Å². The number of benzene rings is 3. The van der Waals surface area contributed by atoms with E-state index in [-0.39, 0.29) is 16.8 Å². The minimum absolute atomic E-state index is 0.0234. The average Bonchev–Trinajstić information content (AvgIpc) is 2.79. The van der Waals surface area contributed by atoms with Gasteiger partial charge in [0.2, 0.25) is 5.91 Å². The number of rotatable bonds is 5. The Morgan fingerprint density at radius 1 is 1.00 bits per heavy atom. The Hall–Kier alpha value is -2.83. The summed E-state index contributed by atoms with van der Waals surface area (Å²) in [6, 6.07) is 22.3. The molecule has 0 aromatic heterocycles. The number of nitrogens with zero attached hydrogens (tertiary/aromatic N) is 2. The molecule has 3 aromatic carbocycles. The Kier molecular flexibility index (Phi) is 6.26. The van der Waals surface area contributed by atoms with E-state index in [4.69, 9.17) is 11.6 Å². The monoisotopic (exact) mass is 468 g/mol. The van der Waals surface area contributed by atoms with E-state index < -0.39 is 16.1 Å². The van der Waals surface area contributed by atoms with Crippen molar-refractivity contribution in [2.45, 2.75) is 43.7 Å². The first-order valence-corrected chi connectivity index (χ1v) is 12.4. The standard InChI is InChI=1S/C25H25ClN2O3S/c1-3-25(29)27-18(2)17-24(22-11-7-8-12-23(22)27)28(20-9-5-4-6-10-20)32(30,31)21-15-13-19(26)14-16-21/h4-16,18,24H,3,17H2,1-2H3. The van der Waals surface area contributed by atoms with Crippen LogP contribution in [0.15, 0.2) is 83.8 Å². The van der Waals surface area contributed by atoms with Gasteiger partial charge in [-0.05, 0) is 61.4 Å². The summed E-state index contributed by atoms with van der Waals surface area (Å²) in [6.45, 7) is 3.81. The molecule has 166 valence electrons. The summed E-state index contributed by atoms with van der Waals surface area (Å²) in [7, 11) is -3.91. The van der Waals surface area contributed by atoms with Crippen LogP contribution >= 0.6 is 11.6 Å². The molecule has 1 heterocycles. The minimum Gasteiger partial charge on any atom is -0.309 e. The van der Waals surface area contributed by atoms with E-state index in [1.54, 1.807) is 29.2 Å². The predicted molar refractivity (Wildman–Crippen MR) is 129 cm³/mol. The number of carbonyl (C=O) groups excluding carboxylic acids is 1. The van der Waals surface area contributed by atoms with E-state index in [1.165, 1.54) is 16.4 Å². The molecular formula is C25H25ClN2O3S. The fourth-order valence-corrected chi connectivity index (χ4v) is 6.10. The molecule has 1 aliphatic rings. The molecule has 4 rings (SSSR count). The molecule has 0 saturated heterocycles. The number of carbonyl (C=O) groups is 1. The van der Waals surface area contributed by atoms with Gasteiger partial charge in [0.25, 0.3) is 10.0 Å². The number of sulfonamides is 1. The highest BCUT2D eigenvalue weighted by molar-refractivity contribution is 7.92. The van der Waals surface area contributed by atoms with Crippen LogP contribution in [0, 0.1) is 0 Å². The summed E-state index contributed by atoms with van der Waals surface area (Å²) in [5.74, 6) is 0.0234. The van der Waals surface area contributed by atoms with Crippen LogP contribution in [0.25, 0.3) is 0 Å². The quantitative estimate of drug-likeness (QED) is 0.474. The molecule has 0 radical (unpaired) electrons. The van der Waals surface area contributed by atoms with Crippen LogP contribution in [0.5, 0.6) is 0 Å². The van der Waals surface area contributed by atoms with E-state index in [9.17, 15) is 13.2 Å². The first kappa shape index (κ1) is 22.4. The third-order valence-corrected chi connectivity index (χ3v) is 7.90. The maximum atomic E-state index is 13.9. The van der Waals surface area contributed by atoms with Gasteiger partial charge in [0.15, 0.2) is 0 Å². The van der Waals surface area contributed by atoms with Crippen molar-refractivity contribution in [1.29, 1.82) is 0 Å². The van der Waals surface area contributed by atoms with E-state index in [0.717, 1.165) is 11.3 Å². The minimum atomic E-state index is -3.91. The number of amides is 1. The third-order valence-electron chi connectivity index (χ3n) is 5.80. The van der Waals surface area contributed by atoms with Gasteiger partial charge < -0.3 is 4.90 Å². The smallest absolute Gasteiger partial charge is 0.264 e. The topological polar surface area (TPSA) is 57.7 Å². The van der Waals surface area contributed by atoms with Crippen LogP contribution in [-0.4, -0.2) is 20.4 Å². The molecule has 32 heavy (non-hydrogen) atoms. The molecule has 5 nitrogen and oxygen atoms in total. The zero-order chi connectivity index (χ0) is 22.9. The molecule has 0 aliphatic carbocycles. The van der Waals surface area contributed by atoms with Gasteiger partial charge in [0.1, 0.15) is 0 Å². The van der Waals surface area contributed by atoms with Crippen molar-refractivity contribution < 1.29 is 13.2 Å². The van der Waals surface area contributed by atoms with Crippen molar-refractivity contribution in [3.63, 3.8) is 0 Å². The molecular weight excluding hydrogens is 444 g/mol. The van der Waals surface area contributed by atoms with Crippen LogP contribution in [0.1, 0.15) is 38.3 Å². The lowest BCUT2D eigenvalue weighted by Crippen LogP contribution is -2.47. The van der Waals surface area contributed by atoms with E-state index in [0.29, 0.717) is 23.6 Å². The van der Waals surface area contributed by atoms with Gasteiger partial charge in [-0.2, -0.15) is 0 Å². The second-order valence-electron chi connectivity index (χ2n) is 7.87. The van der Waals surface area contributed by atoms with Crippen LogP contribution < -0.4 is 9.21 Å². The van der Waals surface area contributed by atoms with Crippen LogP contribution in [-0.2, 0) is 14.8 Å². The van der Waals surface area contributed by atoms with Gasteiger partial charge in [0.05, 0.1) is 16.6 Å². The first-order chi connectivity index (χ1) is 15.3. The molecule has 0 fully saturated rings. The van der Waals surface area contributed by atoms with E-state index in [2.05, 4.69) is 0 Å². The van der Waals surface area contributed by atoms with Crippen molar-refractivity contribution in [3.05, 3.63) is 89.4 Å². The number of halogens is 1. The number of hydrogen-bond acceptors (Lipinski definition) is 3. The van der Waals surface area contributed by atoms with Gasteiger partial charge >= 0.3 is 0 Å². The normalized spacial score (nSPS) is 18.2. The Balaban J connectivity index is 1.91. The molecule has 2 unspecified atom stereocenters. The highest BCUT2D eigenvalue weighted by atomic mass is 35.5. The second-order valence-corrected chi connectivity index (χ2v) is 10.1. The number of hydrogen-bond donors (Lipinski definition) is 0. The molecule has 0 saturated carbocycles. The maximum Gasteiger partial charge on any atom is 0.264 e. The van der Waals surface area contributed by atoms with Crippen molar-refractivity contribution >= 4 is 38.9 Å². The molecule has 0 spiro atoms. The third kappa shape index (κ3) is 4.00. The van der Waals surface area contributed by atoms with Gasteiger partial charge in [-0.25, -0.2) is 8.42 Å². The molecule has 1 aliphatic heterocycles. The number of para-hydroxylation sites is 2.